The maximum absolute atomic E-state index is 12.1. The van der Waals surface area contributed by atoms with Gasteiger partial charge in [-0.1, -0.05) is 0 Å². The molecule has 0 spiro atoms. The lowest BCUT2D eigenvalue weighted by molar-refractivity contribution is 0.520. The molecule has 0 saturated carbocycles. The molecule has 0 bridgehead atoms. The molecule has 7 nitrogen and oxygen atoms in total. The summed E-state index contributed by atoms with van der Waals surface area (Å²) in [5.74, 6) is 0. The van der Waals surface area contributed by atoms with Crippen LogP contribution in [0.2, 0.25) is 0 Å². The van der Waals surface area contributed by atoms with Crippen molar-refractivity contribution in [2.75, 3.05) is 19.8 Å². The van der Waals surface area contributed by atoms with Gasteiger partial charge >= 0.3 is 0 Å². The highest BCUT2D eigenvalue weighted by molar-refractivity contribution is 7.99. The Morgan fingerprint density at radius 1 is 1.35 bits per heavy atom. The van der Waals surface area contributed by atoms with Crippen molar-refractivity contribution in [1.82, 2.24) is 19.1 Å². The van der Waals surface area contributed by atoms with E-state index in [1.165, 1.54) is 38.3 Å². The molecule has 1 aromatic heterocycles. The summed E-state index contributed by atoms with van der Waals surface area (Å²) >= 11 is 1.27. The lowest BCUT2D eigenvalue weighted by atomic mass is 10.3. The van der Waals surface area contributed by atoms with Crippen LogP contribution in [0, 0.1) is 0 Å². The van der Waals surface area contributed by atoms with E-state index in [1.54, 1.807) is 23.9 Å². The molecule has 0 saturated heterocycles. The molecule has 2 rings (SSSR count). The molecule has 2 aromatic rings. The van der Waals surface area contributed by atoms with E-state index in [2.05, 4.69) is 10.1 Å². The number of nitrogens with zero attached hydrogens (tertiary/aromatic N) is 4. The van der Waals surface area contributed by atoms with Crippen LogP contribution in [-0.4, -0.2) is 41.6 Å². The zero-order chi connectivity index (χ0) is 14.9. The molecule has 0 atom stereocenters. The normalized spacial score (nSPS) is 12.0. The minimum Gasteiger partial charge on any atom is -0.398 e. The highest BCUT2D eigenvalue weighted by Crippen LogP contribution is 2.32. The summed E-state index contributed by atoms with van der Waals surface area (Å²) in [7, 11) is 1.25. The first-order valence-corrected chi connectivity index (χ1v) is 7.92. The molecule has 0 unspecified atom stereocenters. The maximum atomic E-state index is 12.1. The Bertz CT molecular complexity index is 724. The van der Waals surface area contributed by atoms with Crippen molar-refractivity contribution in [3.05, 3.63) is 24.5 Å². The third-order valence-corrected chi connectivity index (χ3v) is 5.57. The van der Waals surface area contributed by atoms with E-state index in [0.717, 1.165) is 4.31 Å². The lowest BCUT2D eigenvalue weighted by Crippen LogP contribution is -2.22. The monoisotopic (exact) mass is 313 g/mol. The Morgan fingerprint density at radius 2 is 2.05 bits per heavy atom. The highest BCUT2D eigenvalue weighted by Gasteiger charge is 2.19. The second kappa shape index (κ2) is 5.43. The molecule has 0 fully saturated rings. The van der Waals surface area contributed by atoms with Crippen LogP contribution in [0.5, 0.6) is 0 Å². The quantitative estimate of drug-likeness (QED) is 0.839. The standard InChI is InChI=1S/C11H15N5O2S2/c1-15(2)20(17,18)8-4-5-9(12)10(6-8)19-11-13-7-14-16(11)3/h4-7H,12H2,1-3H3. The highest BCUT2D eigenvalue weighted by atomic mass is 32.2. The number of nitrogens with two attached hydrogens (primary N) is 1. The molecular formula is C11H15N5O2S2. The summed E-state index contributed by atoms with van der Waals surface area (Å²) in [6, 6.07) is 4.62. The Hall–Kier alpha value is -1.58. The number of nitrogen functional groups attached to an aromatic ring is 1. The maximum Gasteiger partial charge on any atom is 0.242 e. The SMILES string of the molecule is CN(C)S(=O)(=O)c1ccc(N)c(Sc2ncnn2C)c1. The van der Waals surface area contributed by atoms with Crippen molar-refractivity contribution in [2.24, 2.45) is 7.05 Å². The van der Waals surface area contributed by atoms with E-state index in [0.29, 0.717) is 15.7 Å². The fraction of sp³-hybridized carbons (Fsp3) is 0.273. The first-order chi connectivity index (χ1) is 9.32. The van der Waals surface area contributed by atoms with E-state index >= 15 is 0 Å². The average Bonchev–Trinajstić information content (AvgIpc) is 2.77. The topological polar surface area (TPSA) is 94.1 Å². The predicted molar refractivity (Wildman–Crippen MR) is 76.9 cm³/mol. The summed E-state index contributed by atoms with van der Waals surface area (Å²) < 4.78 is 27.0. The van der Waals surface area contributed by atoms with E-state index in [-0.39, 0.29) is 4.90 Å². The first-order valence-electron chi connectivity index (χ1n) is 5.66. The van der Waals surface area contributed by atoms with Crippen molar-refractivity contribution >= 4 is 27.5 Å². The molecule has 108 valence electrons. The summed E-state index contributed by atoms with van der Waals surface area (Å²) in [6.45, 7) is 0. The summed E-state index contributed by atoms with van der Waals surface area (Å²) in [4.78, 5) is 4.90. The number of benzene rings is 1. The molecule has 2 N–H and O–H groups in total. The summed E-state index contributed by atoms with van der Waals surface area (Å²) in [5.41, 5.74) is 6.38. The van der Waals surface area contributed by atoms with Gasteiger partial charge in [-0.25, -0.2) is 22.4 Å². The molecule has 0 aliphatic carbocycles. The zero-order valence-electron chi connectivity index (χ0n) is 11.3. The second-order valence-electron chi connectivity index (χ2n) is 4.26. The zero-order valence-corrected chi connectivity index (χ0v) is 12.9. The number of hydrogen-bond donors (Lipinski definition) is 1. The second-order valence-corrected chi connectivity index (χ2v) is 7.42. The Labute approximate surface area is 121 Å². The molecule has 0 aliphatic heterocycles. The van der Waals surface area contributed by atoms with Gasteiger partial charge in [-0.05, 0) is 30.0 Å². The van der Waals surface area contributed by atoms with Crippen LogP contribution >= 0.6 is 11.8 Å². The van der Waals surface area contributed by atoms with Crippen LogP contribution in [-0.2, 0) is 17.1 Å². The van der Waals surface area contributed by atoms with Crippen LogP contribution < -0.4 is 5.73 Å². The largest absolute Gasteiger partial charge is 0.398 e. The van der Waals surface area contributed by atoms with Crippen LogP contribution in [0.3, 0.4) is 0 Å². The van der Waals surface area contributed by atoms with E-state index in [1.807, 2.05) is 0 Å². The van der Waals surface area contributed by atoms with Gasteiger partial charge in [0.15, 0.2) is 5.16 Å². The van der Waals surface area contributed by atoms with Gasteiger partial charge in [0, 0.05) is 31.7 Å². The number of sulfonamides is 1. The van der Waals surface area contributed by atoms with Gasteiger partial charge in [-0.15, -0.1) is 0 Å². The van der Waals surface area contributed by atoms with Crippen LogP contribution in [0.1, 0.15) is 0 Å². The van der Waals surface area contributed by atoms with Crippen molar-refractivity contribution < 1.29 is 8.42 Å². The number of aryl methyl sites for hydroxylation is 1. The van der Waals surface area contributed by atoms with Crippen LogP contribution in [0.25, 0.3) is 0 Å². The Kier molecular flexibility index (Phi) is 4.02. The van der Waals surface area contributed by atoms with E-state index in [4.69, 9.17) is 5.73 Å². The molecule has 1 heterocycles. The minimum absolute atomic E-state index is 0.196. The third-order valence-electron chi connectivity index (χ3n) is 2.63. The van der Waals surface area contributed by atoms with Crippen molar-refractivity contribution in [3.63, 3.8) is 0 Å². The predicted octanol–water partition coefficient (Wildman–Crippen LogP) is 0.799. The molecular weight excluding hydrogens is 298 g/mol. The van der Waals surface area contributed by atoms with Crippen molar-refractivity contribution in [1.29, 1.82) is 0 Å². The van der Waals surface area contributed by atoms with Crippen LogP contribution in [0.4, 0.5) is 5.69 Å². The first kappa shape index (κ1) is 14.8. The van der Waals surface area contributed by atoms with E-state index in [9.17, 15) is 8.42 Å². The summed E-state index contributed by atoms with van der Waals surface area (Å²) in [6.07, 6.45) is 1.43. The fourth-order valence-corrected chi connectivity index (χ4v) is 3.30. The minimum atomic E-state index is -3.48. The van der Waals surface area contributed by atoms with Gasteiger partial charge in [0.1, 0.15) is 6.33 Å². The van der Waals surface area contributed by atoms with Gasteiger partial charge in [0.25, 0.3) is 0 Å². The lowest BCUT2D eigenvalue weighted by Gasteiger charge is -2.13. The molecule has 0 radical (unpaired) electrons. The molecule has 0 aliphatic rings. The number of aromatic nitrogens is 3. The van der Waals surface area contributed by atoms with Gasteiger partial charge in [0.05, 0.1) is 4.90 Å². The number of anilines is 1. The molecule has 0 amide bonds. The molecule has 20 heavy (non-hydrogen) atoms. The Morgan fingerprint density at radius 3 is 2.60 bits per heavy atom. The Balaban J connectivity index is 2.43. The summed E-state index contributed by atoms with van der Waals surface area (Å²) in [5, 5.41) is 4.59. The average molecular weight is 313 g/mol. The smallest absolute Gasteiger partial charge is 0.242 e. The fourth-order valence-electron chi connectivity index (χ4n) is 1.45. The molecule has 9 heteroatoms. The van der Waals surface area contributed by atoms with Gasteiger partial charge < -0.3 is 5.73 Å². The third kappa shape index (κ3) is 2.79. The number of hydrogen-bond acceptors (Lipinski definition) is 6. The van der Waals surface area contributed by atoms with Crippen LogP contribution in [0.15, 0.2) is 39.5 Å². The number of rotatable bonds is 4. The van der Waals surface area contributed by atoms with Gasteiger partial charge in [-0.2, -0.15) is 5.10 Å². The molecule has 1 aromatic carbocycles. The van der Waals surface area contributed by atoms with Crippen molar-refractivity contribution in [2.45, 2.75) is 14.9 Å². The van der Waals surface area contributed by atoms with Gasteiger partial charge in [-0.3, -0.25) is 0 Å². The van der Waals surface area contributed by atoms with Crippen molar-refractivity contribution in [3.8, 4) is 0 Å². The van der Waals surface area contributed by atoms with E-state index < -0.39 is 10.0 Å². The van der Waals surface area contributed by atoms with Gasteiger partial charge in [0.2, 0.25) is 10.0 Å².